The molecule has 0 aromatic heterocycles. The van der Waals surface area contributed by atoms with Gasteiger partial charge in [0, 0.05) is 17.8 Å². The average molecular weight is 232 g/mol. The number of anilines is 1. The van der Waals surface area contributed by atoms with Gasteiger partial charge < -0.3 is 10.6 Å². The highest BCUT2D eigenvalue weighted by Crippen LogP contribution is 2.36. The van der Waals surface area contributed by atoms with Crippen molar-refractivity contribution in [1.29, 1.82) is 0 Å². The van der Waals surface area contributed by atoms with Crippen LogP contribution < -0.4 is 10.6 Å². The lowest BCUT2D eigenvalue weighted by molar-refractivity contribution is 0.245. The van der Waals surface area contributed by atoms with Crippen LogP contribution in [0, 0.1) is 12.8 Å². The number of nitrogens with zero attached hydrogens (tertiary/aromatic N) is 1. The van der Waals surface area contributed by atoms with Crippen molar-refractivity contribution in [3.05, 3.63) is 29.8 Å². The highest BCUT2D eigenvalue weighted by molar-refractivity contribution is 5.50. The van der Waals surface area contributed by atoms with E-state index in [-0.39, 0.29) is 5.54 Å². The largest absolute Gasteiger partial charge is 0.366 e. The molecule has 1 fully saturated rings. The monoisotopic (exact) mass is 232 g/mol. The van der Waals surface area contributed by atoms with Crippen molar-refractivity contribution in [3.8, 4) is 0 Å². The third-order valence-corrected chi connectivity index (χ3v) is 4.26. The van der Waals surface area contributed by atoms with E-state index >= 15 is 0 Å². The molecular weight excluding hydrogens is 208 g/mol. The average Bonchev–Trinajstić information content (AvgIpc) is 2.30. The molecular formula is C15H24N2. The molecule has 0 saturated carbocycles. The first kappa shape index (κ1) is 12.4. The van der Waals surface area contributed by atoms with Gasteiger partial charge in [0.05, 0.1) is 0 Å². The summed E-state index contributed by atoms with van der Waals surface area (Å²) in [7, 11) is 0. The maximum atomic E-state index is 5.92. The Labute approximate surface area is 105 Å². The number of aryl methyl sites for hydroxylation is 1. The Hall–Kier alpha value is -1.02. The molecule has 1 aromatic rings. The lowest BCUT2D eigenvalue weighted by atomic mass is 9.78. The van der Waals surface area contributed by atoms with E-state index in [0.717, 1.165) is 13.1 Å². The van der Waals surface area contributed by atoms with Gasteiger partial charge in [-0.3, -0.25) is 0 Å². The number of rotatable bonds is 2. The SMILES string of the molecule is Cc1ccc(N2CCCC(CN)C2(C)C)cc1. The zero-order valence-corrected chi connectivity index (χ0v) is 11.2. The van der Waals surface area contributed by atoms with E-state index in [1.165, 1.54) is 24.1 Å². The van der Waals surface area contributed by atoms with Gasteiger partial charge >= 0.3 is 0 Å². The molecule has 1 aliphatic heterocycles. The van der Waals surface area contributed by atoms with Gasteiger partial charge in [-0.15, -0.1) is 0 Å². The first-order valence-corrected chi connectivity index (χ1v) is 6.60. The summed E-state index contributed by atoms with van der Waals surface area (Å²) in [6.45, 7) is 8.71. The van der Waals surface area contributed by atoms with Crippen molar-refractivity contribution in [1.82, 2.24) is 0 Å². The van der Waals surface area contributed by atoms with E-state index in [0.29, 0.717) is 5.92 Å². The van der Waals surface area contributed by atoms with E-state index < -0.39 is 0 Å². The first-order valence-electron chi connectivity index (χ1n) is 6.60. The fraction of sp³-hybridized carbons (Fsp3) is 0.600. The molecule has 1 atom stereocenters. The summed E-state index contributed by atoms with van der Waals surface area (Å²) in [5.74, 6) is 0.595. The van der Waals surface area contributed by atoms with Crippen LogP contribution in [0.5, 0.6) is 0 Å². The van der Waals surface area contributed by atoms with Crippen LogP contribution in [0.1, 0.15) is 32.3 Å². The fourth-order valence-electron chi connectivity index (χ4n) is 2.95. The van der Waals surface area contributed by atoms with Crippen molar-refractivity contribution in [3.63, 3.8) is 0 Å². The van der Waals surface area contributed by atoms with E-state index in [1.54, 1.807) is 0 Å². The van der Waals surface area contributed by atoms with Crippen LogP contribution in [-0.2, 0) is 0 Å². The minimum atomic E-state index is 0.169. The molecule has 17 heavy (non-hydrogen) atoms. The fourth-order valence-corrected chi connectivity index (χ4v) is 2.95. The molecule has 1 aliphatic rings. The topological polar surface area (TPSA) is 29.3 Å². The van der Waals surface area contributed by atoms with Crippen molar-refractivity contribution < 1.29 is 0 Å². The highest BCUT2D eigenvalue weighted by atomic mass is 15.2. The Kier molecular flexibility index (Phi) is 3.43. The summed E-state index contributed by atoms with van der Waals surface area (Å²) < 4.78 is 0. The molecule has 1 saturated heterocycles. The minimum absolute atomic E-state index is 0.169. The lowest BCUT2D eigenvalue weighted by Gasteiger charge is -2.49. The second-order valence-corrected chi connectivity index (χ2v) is 5.72. The van der Waals surface area contributed by atoms with Crippen LogP contribution in [0.2, 0.25) is 0 Å². The van der Waals surface area contributed by atoms with Crippen molar-refractivity contribution in [2.24, 2.45) is 11.7 Å². The van der Waals surface area contributed by atoms with E-state index in [2.05, 4.69) is 49.9 Å². The molecule has 2 rings (SSSR count). The van der Waals surface area contributed by atoms with Crippen LogP contribution in [0.4, 0.5) is 5.69 Å². The number of piperidine rings is 1. The molecule has 94 valence electrons. The molecule has 0 bridgehead atoms. The Morgan fingerprint density at radius 2 is 1.94 bits per heavy atom. The number of hydrogen-bond acceptors (Lipinski definition) is 2. The van der Waals surface area contributed by atoms with Gasteiger partial charge in [-0.25, -0.2) is 0 Å². The molecule has 2 heteroatoms. The van der Waals surface area contributed by atoms with E-state index in [4.69, 9.17) is 5.73 Å². The van der Waals surface area contributed by atoms with Crippen LogP contribution in [-0.4, -0.2) is 18.6 Å². The minimum Gasteiger partial charge on any atom is -0.366 e. The number of benzene rings is 1. The van der Waals surface area contributed by atoms with Gasteiger partial charge in [-0.1, -0.05) is 17.7 Å². The third kappa shape index (κ3) is 2.32. The summed E-state index contributed by atoms with van der Waals surface area (Å²) in [5, 5.41) is 0. The predicted molar refractivity (Wildman–Crippen MR) is 74.4 cm³/mol. The van der Waals surface area contributed by atoms with Gasteiger partial charge in [0.25, 0.3) is 0 Å². The van der Waals surface area contributed by atoms with Crippen LogP contribution in [0.3, 0.4) is 0 Å². The maximum absolute atomic E-state index is 5.92. The zero-order chi connectivity index (χ0) is 12.5. The Morgan fingerprint density at radius 3 is 2.53 bits per heavy atom. The van der Waals surface area contributed by atoms with E-state index in [9.17, 15) is 0 Å². The summed E-state index contributed by atoms with van der Waals surface area (Å²) in [4.78, 5) is 2.52. The highest BCUT2D eigenvalue weighted by Gasteiger charge is 2.37. The summed E-state index contributed by atoms with van der Waals surface area (Å²) >= 11 is 0. The Bertz CT molecular complexity index is 367. The van der Waals surface area contributed by atoms with Gasteiger partial charge in [0.2, 0.25) is 0 Å². The summed E-state index contributed by atoms with van der Waals surface area (Å²) in [5.41, 5.74) is 8.74. The smallest absolute Gasteiger partial charge is 0.0386 e. The molecule has 0 amide bonds. The molecule has 1 unspecified atom stereocenters. The van der Waals surface area contributed by atoms with Crippen LogP contribution in [0.25, 0.3) is 0 Å². The normalized spacial score (nSPS) is 23.8. The molecule has 0 radical (unpaired) electrons. The standard InChI is InChI=1S/C15H24N2/c1-12-6-8-14(9-7-12)17-10-4-5-13(11-16)15(17,2)3/h6-9,13H,4-5,10-11,16H2,1-3H3. The van der Waals surface area contributed by atoms with Crippen molar-refractivity contribution >= 4 is 5.69 Å². The number of hydrogen-bond donors (Lipinski definition) is 1. The molecule has 0 spiro atoms. The van der Waals surface area contributed by atoms with Gasteiger partial charge in [-0.2, -0.15) is 0 Å². The quantitative estimate of drug-likeness (QED) is 0.849. The van der Waals surface area contributed by atoms with Crippen LogP contribution in [0.15, 0.2) is 24.3 Å². The molecule has 1 aromatic carbocycles. The second-order valence-electron chi connectivity index (χ2n) is 5.72. The van der Waals surface area contributed by atoms with Crippen molar-refractivity contribution in [2.75, 3.05) is 18.0 Å². The molecule has 1 heterocycles. The summed E-state index contributed by atoms with van der Waals surface area (Å²) in [6.07, 6.45) is 2.50. The zero-order valence-electron chi connectivity index (χ0n) is 11.2. The Balaban J connectivity index is 2.27. The molecule has 0 aliphatic carbocycles. The maximum Gasteiger partial charge on any atom is 0.0386 e. The molecule has 2 N–H and O–H groups in total. The lowest BCUT2D eigenvalue weighted by Crippen LogP contribution is -2.55. The van der Waals surface area contributed by atoms with Gasteiger partial charge in [0.15, 0.2) is 0 Å². The van der Waals surface area contributed by atoms with Crippen LogP contribution >= 0.6 is 0 Å². The van der Waals surface area contributed by atoms with Gasteiger partial charge in [-0.05, 0) is 58.2 Å². The second kappa shape index (κ2) is 4.69. The van der Waals surface area contributed by atoms with Gasteiger partial charge in [0.1, 0.15) is 0 Å². The predicted octanol–water partition coefficient (Wildman–Crippen LogP) is 2.95. The number of nitrogens with two attached hydrogens (primary N) is 1. The molecule has 2 nitrogen and oxygen atoms in total. The van der Waals surface area contributed by atoms with Crippen molar-refractivity contribution in [2.45, 2.75) is 39.2 Å². The van der Waals surface area contributed by atoms with E-state index in [1.807, 2.05) is 0 Å². The summed E-state index contributed by atoms with van der Waals surface area (Å²) in [6, 6.07) is 8.85. The Morgan fingerprint density at radius 1 is 1.29 bits per heavy atom. The third-order valence-electron chi connectivity index (χ3n) is 4.26. The first-order chi connectivity index (χ1) is 8.05.